The van der Waals surface area contributed by atoms with E-state index < -0.39 is 0 Å². The summed E-state index contributed by atoms with van der Waals surface area (Å²) in [6, 6.07) is 18.4. The number of likely N-dealkylation sites (N-methyl/N-ethyl adjacent to an activating group) is 1. The van der Waals surface area contributed by atoms with Gasteiger partial charge in [0, 0.05) is 17.6 Å². The van der Waals surface area contributed by atoms with Crippen LogP contribution in [0.1, 0.15) is 36.0 Å². The molecule has 1 fully saturated rings. The molecular weight excluding hydrogens is 374 g/mol. The van der Waals surface area contributed by atoms with Gasteiger partial charge in [0.2, 0.25) is 0 Å². The van der Waals surface area contributed by atoms with Crippen molar-refractivity contribution in [3.8, 4) is 0 Å². The van der Waals surface area contributed by atoms with Gasteiger partial charge in [0.1, 0.15) is 11.8 Å². The lowest BCUT2D eigenvalue weighted by molar-refractivity contribution is 0.267. The van der Waals surface area contributed by atoms with Gasteiger partial charge < -0.3 is 14.6 Å². The zero-order valence-corrected chi connectivity index (χ0v) is 16.9. The van der Waals surface area contributed by atoms with E-state index in [1.807, 2.05) is 30.5 Å². The van der Waals surface area contributed by atoms with Gasteiger partial charge >= 0.3 is 0 Å². The third-order valence-corrected chi connectivity index (χ3v) is 5.95. The molecule has 2 atom stereocenters. The molecule has 3 aromatic rings. The number of nitrogens with one attached hydrogen (secondary N) is 1. The number of hydrogen-bond acceptors (Lipinski definition) is 4. The Morgan fingerprint density at radius 2 is 1.96 bits per heavy atom. The van der Waals surface area contributed by atoms with Gasteiger partial charge in [-0.05, 0) is 62.5 Å². The molecule has 0 aliphatic carbocycles. The first-order chi connectivity index (χ1) is 13.2. The third-order valence-electron chi connectivity index (χ3n) is 4.67. The van der Waals surface area contributed by atoms with Crippen molar-refractivity contribution >= 4 is 29.1 Å². The number of aromatic nitrogens is 1. The van der Waals surface area contributed by atoms with E-state index in [4.69, 9.17) is 16.6 Å². The van der Waals surface area contributed by atoms with Crippen LogP contribution in [0.3, 0.4) is 0 Å². The maximum Gasteiger partial charge on any atom is 0.170 e. The summed E-state index contributed by atoms with van der Waals surface area (Å²) in [6.45, 7) is 5.00. The lowest BCUT2D eigenvalue weighted by Crippen LogP contribution is -2.29. The Hall–Kier alpha value is -2.31. The molecule has 27 heavy (non-hydrogen) atoms. The van der Waals surface area contributed by atoms with Crippen molar-refractivity contribution in [3.05, 3.63) is 77.8 Å². The van der Waals surface area contributed by atoms with E-state index in [0.717, 1.165) is 33.1 Å². The molecule has 4 rings (SSSR count). The number of furan rings is 1. The van der Waals surface area contributed by atoms with Gasteiger partial charge in [-0.3, -0.25) is 4.98 Å². The first kappa shape index (κ1) is 18.1. The van der Waals surface area contributed by atoms with Gasteiger partial charge in [-0.15, -0.1) is 0 Å². The van der Waals surface area contributed by atoms with E-state index in [1.54, 1.807) is 11.8 Å². The molecule has 2 unspecified atom stereocenters. The minimum absolute atomic E-state index is 0.00947. The topological polar surface area (TPSA) is 41.3 Å². The van der Waals surface area contributed by atoms with E-state index in [2.05, 4.69) is 59.4 Å². The molecule has 1 N–H and O–H groups in total. The number of rotatable bonds is 5. The summed E-state index contributed by atoms with van der Waals surface area (Å²) >= 11 is 7.19. The Balaban J connectivity index is 1.62. The molecule has 4 nitrogen and oxygen atoms in total. The molecule has 1 aliphatic heterocycles. The lowest BCUT2D eigenvalue weighted by atomic mass is 10.0. The van der Waals surface area contributed by atoms with Crippen LogP contribution < -0.4 is 5.32 Å². The molecule has 0 amide bonds. The molecule has 0 radical (unpaired) electrons. The number of hydrogen-bond donors (Lipinski definition) is 1. The predicted octanol–water partition coefficient (Wildman–Crippen LogP) is 5.13. The van der Waals surface area contributed by atoms with Crippen molar-refractivity contribution in [1.29, 1.82) is 0 Å². The number of pyridine rings is 1. The second-order valence-corrected chi connectivity index (χ2v) is 7.95. The summed E-state index contributed by atoms with van der Waals surface area (Å²) in [6.07, 6.45) is 1.81. The molecule has 1 saturated heterocycles. The van der Waals surface area contributed by atoms with Crippen LogP contribution in [0.15, 0.2) is 75.2 Å². The zero-order valence-electron chi connectivity index (χ0n) is 15.3. The summed E-state index contributed by atoms with van der Waals surface area (Å²) in [5.74, 6) is 0.898. The summed E-state index contributed by atoms with van der Waals surface area (Å²) in [7, 11) is 0. The maximum absolute atomic E-state index is 6.23. The largest absolute Gasteiger partial charge is 0.452 e. The summed E-state index contributed by atoms with van der Waals surface area (Å²) in [4.78, 5) is 7.85. The fourth-order valence-electron chi connectivity index (χ4n) is 3.33. The first-order valence-electron chi connectivity index (χ1n) is 8.98. The van der Waals surface area contributed by atoms with E-state index in [0.29, 0.717) is 0 Å². The van der Waals surface area contributed by atoms with Crippen LogP contribution in [0.4, 0.5) is 0 Å². The van der Waals surface area contributed by atoms with E-state index in [-0.39, 0.29) is 12.1 Å². The minimum Gasteiger partial charge on any atom is -0.452 e. The Morgan fingerprint density at radius 3 is 2.67 bits per heavy atom. The van der Waals surface area contributed by atoms with Crippen LogP contribution in [0.25, 0.3) is 0 Å². The fraction of sp³-hybridized carbons (Fsp3) is 0.238. The van der Waals surface area contributed by atoms with Crippen LogP contribution in [0, 0.1) is 6.92 Å². The third kappa shape index (κ3) is 3.73. The van der Waals surface area contributed by atoms with Gasteiger partial charge in [0.15, 0.2) is 10.2 Å². The van der Waals surface area contributed by atoms with Gasteiger partial charge in [0.25, 0.3) is 0 Å². The summed E-state index contributed by atoms with van der Waals surface area (Å²) in [5, 5.41) is 5.03. The highest BCUT2D eigenvalue weighted by Gasteiger charge is 2.40. The molecular formula is C21H21N3OS2. The first-order valence-corrected chi connectivity index (χ1v) is 10.2. The number of nitrogens with zero attached hydrogens (tertiary/aromatic N) is 2. The van der Waals surface area contributed by atoms with Crippen LogP contribution in [0.2, 0.25) is 0 Å². The van der Waals surface area contributed by atoms with Gasteiger partial charge in [-0.1, -0.05) is 35.5 Å². The molecule has 1 aromatic carbocycles. The fourth-order valence-corrected chi connectivity index (χ4v) is 4.47. The van der Waals surface area contributed by atoms with Crippen molar-refractivity contribution in [2.75, 3.05) is 6.54 Å². The lowest BCUT2D eigenvalue weighted by Gasteiger charge is -2.24. The Bertz CT molecular complexity index is 924. The van der Waals surface area contributed by atoms with Crippen LogP contribution in [-0.4, -0.2) is 21.5 Å². The van der Waals surface area contributed by atoms with E-state index >= 15 is 0 Å². The maximum atomic E-state index is 6.23. The highest BCUT2D eigenvalue weighted by atomic mass is 32.2. The second kappa shape index (κ2) is 7.74. The average Bonchev–Trinajstić information content (AvgIpc) is 3.28. The summed E-state index contributed by atoms with van der Waals surface area (Å²) < 4.78 is 6.23. The zero-order chi connectivity index (χ0) is 18.8. The van der Waals surface area contributed by atoms with Crippen molar-refractivity contribution < 1.29 is 4.42 Å². The molecule has 0 spiro atoms. The molecule has 2 aromatic heterocycles. The van der Waals surface area contributed by atoms with Crippen molar-refractivity contribution in [2.45, 2.75) is 35.9 Å². The quantitative estimate of drug-likeness (QED) is 0.604. The number of thiocarbonyl (C=S) groups is 1. The average molecular weight is 396 g/mol. The predicted molar refractivity (Wildman–Crippen MR) is 112 cm³/mol. The van der Waals surface area contributed by atoms with Crippen molar-refractivity contribution in [2.24, 2.45) is 0 Å². The monoisotopic (exact) mass is 395 g/mol. The standard InChI is InChI=1S/C21H21N3OS2/c1-3-24-20(19(23-21(24)26)16-6-4-5-13-22-16)17-11-12-18(25-17)27-15-9-7-14(2)8-10-15/h4-13,19-20H,3H2,1-2H3,(H,23,26). The SMILES string of the molecule is CCN1C(=S)NC(c2ccccn2)C1c1ccc(Sc2ccc(C)cc2)o1. The number of benzene rings is 1. The highest BCUT2D eigenvalue weighted by molar-refractivity contribution is 7.99. The normalized spacial score (nSPS) is 19.3. The van der Waals surface area contributed by atoms with E-state index in [9.17, 15) is 0 Å². The van der Waals surface area contributed by atoms with Crippen LogP contribution in [-0.2, 0) is 0 Å². The number of aryl methyl sites for hydroxylation is 1. The van der Waals surface area contributed by atoms with Crippen LogP contribution in [0.5, 0.6) is 0 Å². The highest BCUT2D eigenvalue weighted by Crippen LogP contribution is 2.40. The smallest absolute Gasteiger partial charge is 0.170 e. The van der Waals surface area contributed by atoms with E-state index in [1.165, 1.54) is 5.56 Å². The van der Waals surface area contributed by atoms with Gasteiger partial charge in [-0.25, -0.2) is 0 Å². The molecule has 1 aliphatic rings. The van der Waals surface area contributed by atoms with Crippen LogP contribution >= 0.6 is 24.0 Å². The summed E-state index contributed by atoms with van der Waals surface area (Å²) in [5.41, 5.74) is 2.21. The van der Waals surface area contributed by atoms with Crippen molar-refractivity contribution in [3.63, 3.8) is 0 Å². The minimum atomic E-state index is -0.0259. The molecule has 138 valence electrons. The Morgan fingerprint density at radius 1 is 1.15 bits per heavy atom. The Kier molecular flexibility index (Phi) is 5.18. The molecule has 0 bridgehead atoms. The van der Waals surface area contributed by atoms with Gasteiger partial charge in [-0.2, -0.15) is 0 Å². The molecule has 6 heteroatoms. The molecule has 0 saturated carbocycles. The second-order valence-electron chi connectivity index (χ2n) is 6.48. The van der Waals surface area contributed by atoms with Crippen molar-refractivity contribution in [1.82, 2.24) is 15.2 Å². The van der Waals surface area contributed by atoms with Gasteiger partial charge in [0.05, 0.1) is 11.7 Å². The molecule has 3 heterocycles. The Labute approximate surface area is 169 Å².